The molecule has 0 bridgehead atoms. The standard InChI is InChI=1S/C15H29N/c1-13(12-15-8-5-9-15)16-11-10-14-6-3-2-4-7-14/h13-16H,2-12H2,1H3. The molecule has 2 aliphatic rings. The monoisotopic (exact) mass is 223 g/mol. The van der Waals surface area contributed by atoms with Crippen LogP contribution in [0.4, 0.5) is 0 Å². The number of rotatable bonds is 6. The van der Waals surface area contributed by atoms with Crippen LogP contribution in [-0.4, -0.2) is 12.6 Å². The molecule has 94 valence electrons. The molecule has 0 aromatic rings. The van der Waals surface area contributed by atoms with Gasteiger partial charge in [-0.3, -0.25) is 0 Å². The molecule has 0 amide bonds. The highest BCUT2D eigenvalue weighted by atomic mass is 14.9. The van der Waals surface area contributed by atoms with E-state index in [9.17, 15) is 0 Å². The Morgan fingerprint density at radius 3 is 2.25 bits per heavy atom. The molecule has 0 radical (unpaired) electrons. The van der Waals surface area contributed by atoms with Gasteiger partial charge in [-0.15, -0.1) is 0 Å². The molecule has 1 heteroatoms. The summed E-state index contributed by atoms with van der Waals surface area (Å²) >= 11 is 0. The SMILES string of the molecule is CC(CC1CCC1)NCCC1CCCCC1. The molecule has 1 atom stereocenters. The van der Waals surface area contributed by atoms with Crippen molar-refractivity contribution in [2.24, 2.45) is 11.8 Å². The van der Waals surface area contributed by atoms with E-state index in [4.69, 9.17) is 0 Å². The Balaban J connectivity index is 1.49. The van der Waals surface area contributed by atoms with E-state index >= 15 is 0 Å². The van der Waals surface area contributed by atoms with Crippen molar-refractivity contribution in [1.29, 1.82) is 0 Å². The third-order valence-electron chi connectivity index (χ3n) is 4.68. The van der Waals surface area contributed by atoms with E-state index in [2.05, 4.69) is 12.2 Å². The summed E-state index contributed by atoms with van der Waals surface area (Å²) in [6, 6.07) is 0.758. The van der Waals surface area contributed by atoms with Crippen LogP contribution in [-0.2, 0) is 0 Å². The van der Waals surface area contributed by atoms with Gasteiger partial charge in [0.05, 0.1) is 0 Å². The van der Waals surface area contributed by atoms with E-state index in [1.54, 1.807) is 0 Å². The summed E-state index contributed by atoms with van der Waals surface area (Å²) in [5, 5.41) is 3.73. The van der Waals surface area contributed by atoms with Gasteiger partial charge in [0.25, 0.3) is 0 Å². The average Bonchev–Trinajstić information content (AvgIpc) is 2.25. The molecule has 2 fully saturated rings. The first-order valence-corrected chi connectivity index (χ1v) is 7.58. The van der Waals surface area contributed by atoms with Gasteiger partial charge in [-0.05, 0) is 38.1 Å². The second-order valence-electron chi connectivity index (χ2n) is 6.18. The van der Waals surface area contributed by atoms with Crippen LogP contribution in [0.3, 0.4) is 0 Å². The van der Waals surface area contributed by atoms with Crippen molar-refractivity contribution in [2.45, 2.75) is 77.2 Å². The van der Waals surface area contributed by atoms with Gasteiger partial charge in [0.15, 0.2) is 0 Å². The van der Waals surface area contributed by atoms with Gasteiger partial charge in [0.2, 0.25) is 0 Å². The minimum Gasteiger partial charge on any atom is -0.314 e. The molecule has 1 N–H and O–H groups in total. The van der Waals surface area contributed by atoms with Crippen LogP contribution in [0.2, 0.25) is 0 Å². The van der Waals surface area contributed by atoms with Crippen molar-refractivity contribution in [2.75, 3.05) is 6.54 Å². The molecule has 0 heterocycles. The van der Waals surface area contributed by atoms with Crippen LogP contribution in [0.15, 0.2) is 0 Å². The fourth-order valence-electron chi connectivity index (χ4n) is 3.32. The lowest BCUT2D eigenvalue weighted by Crippen LogP contribution is -2.31. The fraction of sp³-hybridized carbons (Fsp3) is 1.00. The zero-order valence-corrected chi connectivity index (χ0v) is 11.0. The number of hydrogen-bond donors (Lipinski definition) is 1. The topological polar surface area (TPSA) is 12.0 Å². The third-order valence-corrected chi connectivity index (χ3v) is 4.68. The molecule has 0 aromatic heterocycles. The predicted molar refractivity (Wildman–Crippen MR) is 70.6 cm³/mol. The minimum atomic E-state index is 0.758. The molecule has 2 saturated carbocycles. The highest BCUT2D eigenvalue weighted by molar-refractivity contribution is 4.75. The van der Waals surface area contributed by atoms with Gasteiger partial charge in [-0.1, -0.05) is 51.4 Å². The summed E-state index contributed by atoms with van der Waals surface area (Å²) in [5.74, 6) is 2.09. The number of nitrogens with one attached hydrogen (secondary N) is 1. The Labute approximate surface area is 101 Å². The molecule has 0 aromatic carbocycles. The second-order valence-corrected chi connectivity index (χ2v) is 6.18. The van der Waals surface area contributed by atoms with Gasteiger partial charge in [0, 0.05) is 6.04 Å². The van der Waals surface area contributed by atoms with Crippen LogP contribution in [0.1, 0.15) is 71.1 Å². The lowest BCUT2D eigenvalue weighted by atomic mass is 9.81. The molecule has 0 aliphatic heterocycles. The van der Waals surface area contributed by atoms with Gasteiger partial charge in [-0.25, -0.2) is 0 Å². The van der Waals surface area contributed by atoms with E-state index in [1.165, 1.54) is 70.8 Å². The molecule has 1 nitrogen and oxygen atoms in total. The summed E-state index contributed by atoms with van der Waals surface area (Å²) in [6.07, 6.45) is 14.8. The molecule has 0 saturated heterocycles. The normalized spacial score (nSPS) is 25.3. The Morgan fingerprint density at radius 2 is 1.62 bits per heavy atom. The van der Waals surface area contributed by atoms with Gasteiger partial charge >= 0.3 is 0 Å². The maximum absolute atomic E-state index is 3.73. The summed E-state index contributed by atoms with van der Waals surface area (Å²) in [6.45, 7) is 3.64. The first-order valence-electron chi connectivity index (χ1n) is 7.58. The van der Waals surface area contributed by atoms with Crippen molar-refractivity contribution in [1.82, 2.24) is 5.32 Å². The molecule has 0 spiro atoms. The Morgan fingerprint density at radius 1 is 0.938 bits per heavy atom. The van der Waals surface area contributed by atoms with Crippen molar-refractivity contribution >= 4 is 0 Å². The quantitative estimate of drug-likeness (QED) is 0.714. The first kappa shape index (κ1) is 12.4. The number of hydrogen-bond acceptors (Lipinski definition) is 1. The van der Waals surface area contributed by atoms with E-state index in [0.29, 0.717) is 0 Å². The second kappa shape index (κ2) is 6.64. The predicted octanol–water partition coefficient (Wildman–Crippen LogP) is 4.13. The van der Waals surface area contributed by atoms with Crippen molar-refractivity contribution < 1.29 is 0 Å². The summed E-state index contributed by atoms with van der Waals surface area (Å²) in [7, 11) is 0. The molecular formula is C15H29N. The Kier molecular flexibility index (Phi) is 5.15. The van der Waals surface area contributed by atoms with E-state index in [1.807, 2.05) is 0 Å². The Hall–Kier alpha value is -0.0400. The van der Waals surface area contributed by atoms with Gasteiger partial charge < -0.3 is 5.32 Å². The molecule has 2 aliphatic carbocycles. The average molecular weight is 223 g/mol. The first-order chi connectivity index (χ1) is 7.84. The van der Waals surface area contributed by atoms with Crippen LogP contribution < -0.4 is 5.32 Å². The maximum Gasteiger partial charge on any atom is 0.00413 e. The summed E-state index contributed by atoms with van der Waals surface area (Å²) < 4.78 is 0. The molecular weight excluding hydrogens is 194 g/mol. The maximum atomic E-state index is 3.73. The third kappa shape index (κ3) is 4.08. The van der Waals surface area contributed by atoms with Crippen molar-refractivity contribution in [3.05, 3.63) is 0 Å². The molecule has 2 rings (SSSR count). The minimum absolute atomic E-state index is 0.758. The van der Waals surface area contributed by atoms with Crippen LogP contribution in [0, 0.1) is 11.8 Å². The summed E-state index contributed by atoms with van der Waals surface area (Å²) in [5.41, 5.74) is 0. The highest BCUT2D eigenvalue weighted by Crippen LogP contribution is 2.30. The molecule has 16 heavy (non-hydrogen) atoms. The lowest BCUT2D eigenvalue weighted by molar-refractivity contribution is 0.260. The molecule has 1 unspecified atom stereocenters. The van der Waals surface area contributed by atoms with Crippen molar-refractivity contribution in [3.63, 3.8) is 0 Å². The van der Waals surface area contributed by atoms with E-state index in [0.717, 1.165) is 17.9 Å². The van der Waals surface area contributed by atoms with E-state index < -0.39 is 0 Å². The van der Waals surface area contributed by atoms with Crippen molar-refractivity contribution in [3.8, 4) is 0 Å². The Bertz CT molecular complexity index is 180. The van der Waals surface area contributed by atoms with Gasteiger partial charge in [0.1, 0.15) is 0 Å². The zero-order valence-electron chi connectivity index (χ0n) is 11.0. The van der Waals surface area contributed by atoms with Crippen LogP contribution in [0.25, 0.3) is 0 Å². The largest absolute Gasteiger partial charge is 0.314 e. The van der Waals surface area contributed by atoms with Crippen LogP contribution >= 0.6 is 0 Å². The smallest absolute Gasteiger partial charge is 0.00413 e. The summed E-state index contributed by atoms with van der Waals surface area (Å²) in [4.78, 5) is 0. The van der Waals surface area contributed by atoms with E-state index in [-0.39, 0.29) is 0 Å². The lowest BCUT2D eigenvalue weighted by Gasteiger charge is -2.29. The zero-order chi connectivity index (χ0) is 11.2. The highest BCUT2D eigenvalue weighted by Gasteiger charge is 2.20. The van der Waals surface area contributed by atoms with Gasteiger partial charge in [-0.2, -0.15) is 0 Å². The van der Waals surface area contributed by atoms with Crippen LogP contribution in [0.5, 0.6) is 0 Å². The fourth-order valence-corrected chi connectivity index (χ4v) is 3.32.